The molecular formula is C9H7ClN2O4S. The number of halogens is 1. The van der Waals surface area contributed by atoms with Gasteiger partial charge in [0.2, 0.25) is 0 Å². The van der Waals surface area contributed by atoms with Crippen LogP contribution in [0.25, 0.3) is 0 Å². The van der Waals surface area contributed by atoms with Crippen molar-refractivity contribution in [3.05, 3.63) is 33.4 Å². The first-order valence-electron chi connectivity index (χ1n) is 4.47. The van der Waals surface area contributed by atoms with Crippen molar-refractivity contribution in [3.63, 3.8) is 0 Å². The zero-order chi connectivity index (χ0) is 13.2. The summed E-state index contributed by atoms with van der Waals surface area (Å²) in [4.78, 5) is 9.38. The Kier molecular flexibility index (Phi) is 3.70. The number of hydrogen-bond donors (Lipinski definition) is 0. The zero-order valence-electron chi connectivity index (χ0n) is 8.68. The van der Waals surface area contributed by atoms with Crippen molar-refractivity contribution >= 4 is 25.4 Å². The van der Waals surface area contributed by atoms with Crippen LogP contribution >= 0.6 is 10.7 Å². The molecule has 0 saturated carbocycles. The van der Waals surface area contributed by atoms with Gasteiger partial charge >= 0.3 is 0 Å². The molecule has 1 aromatic carbocycles. The van der Waals surface area contributed by atoms with Gasteiger partial charge in [0.15, 0.2) is 0 Å². The molecule has 0 aliphatic carbocycles. The SMILES string of the molecule is CCc1cc([N+](=O)[O-])cc(S(=O)(=O)Cl)c1C#N. The Balaban J connectivity index is 3.74. The van der Waals surface area contributed by atoms with E-state index in [-0.39, 0.29) is 11.1 Å². The quantitative estimate of drug-likeness (QED) is 0.476. The van der Waals surface area contributed by atoms with Gasteiger partial charge in [0.05, 0.1) is 10.5 Å². The molecular weight excluding hydrogens is 268 g/mol. The normalized spacial score (nSPS) is 10.9. The van der Waals surface area contributed by atoms with E-state index >= 15 is 0 Å². The predicted octanol–water partition coefficient (Wildman–Crippen LogP) is 1.96. The van der Waals surface area contributed by atoms with Crippen molar-refractivity contribution in [1.82, 2.24) is 0 Å². The summed E-state index contributed by atoms with van der Waals surface area (Å²) in [5.74, 6) is 0. The van der Waals surface area contributed by atoms with Gasteiger partial charge in [-0.05, 0) is 12.0 Å². The van der Waals surface area contributed by atoms with Gasteiger partial charge in [-0.3, -0.25) is 10.1 Å². The zero-order valence-corrected chi connectivity index (χ0v) is 10.2. The fraction of sp³-hybridized carbons (Fsp3) is 0.222. The lowest BCUT2D eigenvalue weighted by Crippen LogP contribution is -2.02. The predicted molar refractivity (Wildman–Crippen MR) is 60.2 cm³/mol. The molecule has 17 heavy (non-hydrogen) atoms. The summed E-state index contributed by atoms with van der Waals surface area (Å²) in [6.45, 7) is 1.66. The molecule has 0 atom stereocenters. The van der Waals surface area contributed by atoms with Crippen LogP contribution in [0.3, 0.4) is 0 Å². The van der Waals surface area contributed by atoms with Crippen molar-refractivity contribution in [3.8, 4) is 6.07 Å². The molecule has 0 heterocycles. The van der Waals surface area contributed by atoms with Crippen LogP contribution in [0.4, 0.5) is 5.69 Å². The van der Waals surface area contributed by atoms with Gasteiger partial charge in [-0.15, -0.1) is 0 Å². The van der Waals surface area contributed by atoms with E-state index in [2.05, 4.69) is 0 Å². The maximum Gasteiger partial charge on any atom is 0.271 e. The first-order chi connectivity index (χ1) is 7.81. The minimum atomic E-state index is -4.19. The Morgan fingerprint density at radius 3 is 2.47 bits per heavy atom. The van der Waals surface area contributed by atoms with Crippen LogP contribution in [0.2, 0.25) is 0 Å². The lowest BCUT2D eigenvalue weighted by atomic mass is 10.1. The molecule has 0 radical (unpaired) electrons. The van der Waals surface area contributed by atoms with E-state index in [4.69, 9.17) is 15.9 Å². The van der Waals surface area contributed by atoms with Crippen molar-refractivity contribution in [2.24, 2.45) is 0 Å². The number of nitriles is 1. The first-order valence-corrected chi connectivity index (χ1v) is 6.78. The molecule has 0 aliphatic heterocycles. The minimum Gasteiger partial charge on any atom is -0.258 e. The third kappa shape index (κ3) is 2.72. The second-order valence-electron chi connectivity index (χ2n) is 3.14. The van der Waals surface area contributed by atoms with Gasteiger partial charge in [0.25, 0.3) is 14.7 Å². The van der Waals surface area contributed by atoms with Crippen molar-refractivity contribution in [2.45, 2.75) is 18.2 Å². The maximum absolute atomic E-state index is 11.2. The molecule has 0 aliphatic rings. The van der Waals surface area contributed by atoms with Gasteiger partial charge in [0, 0.05) is 22.8 Å². The summed E-state index contributed by atoms with van der Waals surface area (Å²) in [6, 6.07) is 3.66. The Labute approximate surface area is 102 Å². The molecule has 0 aromatic heterocycles. The molecule has 1 aromatic rings. The summed E-state index contributed by atoms with van der Waals surface area (Å²) in [6.07, 6.45) is 0.296. The second-order valence-corrected chi connectivity index (χ2v) is 5.67. The van der Waals surface area contributed by atoms with Gasteiger partial charge in [-0.1, -0.05) is 6.92 Å². The molecule has 0 saturated heterocycles. The highest BCUT2D eigenvalue weighted by atomic mass is 35.7. The number of non-ortho nitro benzene ring substituents is 1. The summed E-state index contributed by atoms with van der Waals surface area (Å²) in [5.41, 5.74) is -0.269. The number of nitro groups is 1. The van der Waals surface area contributed by atoms with Crippen molar-refractivity contribution < 1.29 is 13.3 Å². The Hall–Kier alpha value is -1.65. The van der Waals surface area contributed by atoms with Crippen molar-refractivity contribution in [1.29, 1.82) is 5.26 Å². The van der Waals surface area contributed by atoms with E-state index in [1.54, 1.807) is 13.0 Å². The summed E-state index contributed by atoms with van der Waals surface area (Å²) >= 11 is 0. The number of nitro benzene ring substituents is 1. The second kappa shape index (κ2) is 4.69. The molecule has 1 rings (SSSR count). The van der Waals surface area contributed by atoms with E-state index in [0.717, 1.165) is 6.07 Å². The summed E-state index contributed by atoms with van der Waals surface area (Å²) < 4.78 is 22.5. The average Bonchev–Trinajstić information content (AvgIpc) is 2.25. The smallest absolute Gasteiger partial charge is 0.258 e. The van der Waals surface area contributed by atoms with Gasteiger partial charge < -0.3 is 0 Å². The average molecular weight is 275 g/mol. The molecule has 0 amide bonds. The Morgan fingerprint density at radius 2 is 2.12 bits per heavy atom. The van der Waals surface area contributed by atoms with E-state index in [9.17, 15) is 18.5 Å². The van der Waals surface area contributed by atoms with Crippen LogP contribution in [-0.2, 0) is 15.5 Å². The summed E-state index contributed by atoms with van der Waals surface area (Å²) in [7, 11) is 0.958. The highest BCUT2D eigenvalue weighted by Crippen LogP contribution is 2.28. The van der Waals surface area contributed by atoms with E-state index in [1.165, 1.54) is 6.07 Å². The van der Waals surface area contributed by atoms with Crippen LogP contribution < -0.4 is 0 Å². The lowest BCUT2D eigenvalue weighted by Gasteiger charge is -2.05. The Morgan fingerprint density at radius 1 is 1.53 bits per heavy atom. The van der Waals surface area contributed by atoms with Crippen LogP contribution in [0.1, 0.15) is 18.1 Å². The fourth-order valence-electron chi connectivity index (χ4n) is 1.36. The molecule has 0 N–H and O–H groups in total. The maximum atomic E-state index is 11.2. The topological polar surface area (TPSA) is 101 Å². The van der Waals surface area contributed by atoms with Gasteiger partial charge in [0.1, 0.15) is 11.0 Å². The van der Waals surface area contributed by atoms with Crippen LogP contribution in [0, 0.1) is 21.4 Å². The van der Waals surface area contributed by atoms with E-state index in [1.807, 2.05) is 0 Å². The van der Waals surface area contributed by atoms with Crippen LogP contribution in [0.5, 0.6) is 0 Å². The Bertz CT molecular complexity index is 619. The third-order valence-electron chi connectivity index (χ3n) is 2.13. The highest BCUT2D eigenvalue weighted by molar-refractivity contribution is 8.13. The highest BCUT2D eigenvalue weighted by Gasteiger charge is 2.23. The molecule has 0 bridgehead atoms. The monoisotopic (exact) mass is 274 g/mol. The molecule has 6 nitrogen and oxygen atoms in total. The molecule has 0 unspecified atom stereocenters. The van der Waals surface area contributed by atoms with E-state index in [0.29, 0.717) is 6.42 Å². The fourth-order valence-corrected chi connectivity index (χ4v) is 2.41. The number of aryl methyl sites for hydroxylation is 1. The number of benzene rings is 1. The first kappa shape index (κ1) is 13.4. The van der Waals surface area contributed by atoms with Crippen LogP contribution in [0.15, 0.2) is 17.0 Å². The van der Waals surface area contributed by atoms with Crippen LogP contribution in [-0.4, -0.2) is 13.3 Å². The molecule has 8 heteroatoms. The molecule has 0 spiro atoms. The standard InChI is InChI=1S/C9H7ClN2O4S/c1-2-6-3-7(12(13)14)4-9(8(6)5-11)17(10,15)16/h3-4H,2H2,1H3. The number of hydrogen-bond acceptors (Lipinski definition) is 5. The number of nitrogens with zero attached hydrogens (tertiary/aromatic N) is 2. The van der Waals surface area contributed by atoms with Gasteiger partial charge in [-0.25, -0.2) is 8.42 Å². The van der Waals surface area contributed by atoms with E-state index < -0.39 is 24.6 Å². The molecule has 0 fully saturated rings. The third-order valence-corrected chi connectivity index (χ3v) is 3.48. The lowest BCUT2D eigenvalue weighted by molar-refractivity contribution is -0.385. The molecule has 90 valence electrons. The van der Waals surface area contributed by atoms with Gasteiger partial charge in [-0.2, -0.15) is 5.26 Å². The largest absolute Gasteiger partial charge is 0.271 e. The minimum absolute atomic E-state index is 0.145. The number of rotatable bonds is 3. The summed E-state index contributed by atoms with van der Waals surface area (Å²) in [5, 5.41) is 19.5. The van der Waals surface area contributed by atoms with Crippen molar-refractivity contribution in [2.75, 3.05) is 0 Å².